The summed E-state index contributed by atoms with van der Waals surface area (Å²) < 4.78 is 42.8. The van der Waals surface area contributed by atoms with Gasteiger partial charge in [0, 0.05) is 12.5 Å². The second-order valence-corrected chi connectivity index (χ2v) is 3.33. The molecule has 0 spiro atoms. The van der Waals surface area contributed by atoms with Crippen LogP contribution in [0.5, 0.6) is 0 Å². The molecule has 1 aromatic rings. The first kappa shape index (κ1) is 13.2. The van der Waals surface area contributed by atoms with Gasteiger partial charge >= 0.3 is 5.97 Å². The van der Waals surface area contributed by atoms with Crippen LogP contribution in [0.4, 0.5) is 13.2 Å². The van der Waals surface area contributed by atoms with E-state index in [0.717, 1.165) is 7.11 Å². The Morgan fingerprint density at radius 1 is 1.12 bits per heavy atom. The third-order valence-electron chi connectivity index (χ3n) is 2.05. The first-order valence-corrected chi connectivity index (χ1v) is 4.66. The highest BCUT2D eigenvalue weighted by atomic mass is 19.2. The highest BCUT2D eigenvalue weighted by Crippen LogP contribution is 2.14. The molecule has 0 aliphatic rings. The van der Waals surface area contributed by atoms with Crippen molar-refractivity contribution in [2.45, 2.75) is 12.8 Å². The third-order valence-corrected chi connectivity index (χ3v) is 2.05. The summed E-state index contributed by atoms with van der Waals surface area (Å²) in [5.74, 6) is -5.00. The molecule has 0 saturated carbocycles. The Morgan fingerprint density at radius 2 is 1.71 bits per heavy atom. The van der Waals surface area contributed by atoms with E-state index in [2.05, 4.69) is 4.74 Å². The van der Waals surface area contributed by atoms with Crippen LogP contribution in [0.1, 0.15) is 12.0 Å². The van der Waals surface area contributed by atoms with Gasteiger partial charge in [0.2, 0.25) is 0 Å². The zero-order valence-electron chi connectivity index (χ0n) is 8.93. The molecule has 0 heterocycles. The topological polar surface area (TPSA) is 43.4 Å². The molecule has 1 aromatic carbocycles. The Kier molecular flexibility index (Phi) is 4.25. The third kappa shape index (κ3) is 3.58. The molecular formula is C11H9F3O3. The Morgan fingerprint density at radius 3 is 2.29 bits per heavy atom. The van der Waals surface area contributed by atoms with Crippen LogP contribution in [0.3, 0.4) is 0 Å². The van der Waals surface area contributed by atoms with Crippen molar-refractivity contribution in [1.29, 1.82) is 0 Å². The highest BCUT2D eigenvalue weighted by molar-refractivity contribution is 5.96. The summed E-state index contributed by atoms with van der Waals surface area (Å²) in [6.07, 6.45) is -1.02. The monoisotopic (exact) mass is 246 g/mol. The average Bonchev–Trinajstić information content (AvgIpc) is 2.25. The van der Waals surface area contributed by atoms with Gasteiger partial charge in [0.05, 0.1) is 7.11 Å². The Hall–Kier alpha value is -1.85. The van der Waals surface area contributed by atoms with Crippen molar-refractivity contribution in [3.05, 3.63) is 35.1 Å². The van der Waals surface area contributed by atoms with Crippen molar-refractivity contribution in [3.63, 3.8) is 0 Å². The summed E-state index contributed by atoms with van der Waals surface area (Å²) >= 11 is 0. The molecule has 1 rings (SSSR count). The van der Waals surface area contributed by atoms with E-state index in [4.69, 9.17) is 0 Å². The van der Waals surface area contributed by atoms with Crippen molar-refractivity contribution >= 4 is 11.8 Å². The summed E-state index contributed by atoms with van der Waals surface area (Å²) in [6, 6.07) is 0.954. The van der Waals surface area contributed by atoms with E-state index in [1.54, 1.807) is 0 Å². The van der Waals surface area contributed by atoms with Gasteiger partial charge in [-0.3, -0.25) is 9.59 Å². The van der Waals surface area contributed by atoms with E-state index >= 15 is 0 Å². The molecule has 0 saturated heterocycles. The molecule has 92 valence electrons. The fraction of sp³-hybridized carbons (Fsp3) is 0.273. The number of hydrogen-bond acceptors (Lipinski definition) is 3. The number of esters is 1. The molecule has 0 N–H and O–H groups in total. The lowest BCUT2D eigenvalue weighted by Crippen LogP contribution is -2.12. The number of halogens is 3. The summed E-state index contributed by atoms with van der Waals surface area (Å²) in [7, 11) is 1.10. The van der Waals surface area contributed by atoms with Gasteiger partial charge < -0.3 is 4.74 Å². The summed E-state index contributed by atoms with van der Waals surface area (Å²) in [5.41, 5.74) is -0.294. The number of ketones is 1. The standard InChI is InChI=1S/C11H9F3O3/c1-17-11(16)4-7(15)2-6-3-9(13)10(14)5-8(6)12/h3,5H,2,4H2,1H3. The summed E-state index contributed by atoms with van der Waals surface area (Å²) in [4.78, 5) is 22.0. The number of carbonyl (C=O) groups is 2. The maximum atomic E-state index is 13.1. The SMILES string of the molecule is COC(=O)CC(=O)Cc1cc(F)c(F)cc1F. The maximum absolute atomic E-state index is 13.1. The van der Waals surface area contributed by atoms with Crippen LogP contribution in [0.15, 0.2) is 12.1 Å². The first-order chi connectivity index (χ1) is 7.93. The van der Waals surface area contributed by atoms with Crippen molar-refractivity contribution in [2.24, 2.45) is 0 Å². The van der Waals surface area contributed by atoms with Gasteiger partial charge in [-0.1, -0.05) is 0 Å². The molecule has 0 atom stereocenters. The lowest BCUT2D eigenvalue weighted by Gasteiger charge is -2.03. The van der Waals surface area contributed by atoms with E-state index in [-0.39, 0.29) is 5.56 Å². The number of methoxy groups -OCH3 is 1. The van der Waals surface area contributed by atoms with Crippen LogP contribution in [-0.4, -0.2) is 18.9 Å². The maximum Gasteiger partial charge on any atom is 0.313 e. The van der Waals surface area contributed by atoms with E-state index in [1.807, 2.05) is 0 Å². The van der Waals surface area contributed by atoms with Gasteiger partial charge in [-0.2, -0.15) is 0 Å². The van der Waals surface area contributed by atoms with Crippen LogP contribution in [0, 0.1) is 17.5 Å². The second kappa shape index (κ2) is 5.47. The molecular weight excluding hydrogens is 237 g/mol. The van der Waals surface area contributed by atoms with Crippen molar-refractivity contribution in [2.75, 3.05) is 7.11 Å². The van der Waals surface area contributed by atoms with Crippen LogP contribution in [-0.2, 0) is 20.7 Å². The Labute approximate surface area is 95.2 Å². The van der Waals surface area contributed by atoms with E-state index < -0.39 is 42.0 Å². The first-order valence-electron chi connectivity index (χ1n) is 4.66. The fourth-order valence-electron chi connectivity index (χ4n) is 1.21. The van der Waals surface area contributed by atoms with Gasteiger partial charge in [-0.15, -0.1) is 0 Å². The Balaban J connectivity index is 2.78. The van der Waals surface area contributed by atoms with E-state index in [1.165, 1.54) is 0 Å². The van der Waals surface area contributed by atoms with Crippen molar-refractivity contribution < 1.29 is 27.5 Å². The molecule has 0 aliphatic heterocycles. The number of hydrogen-bond donors (Lipinski definition) is 0. The van der Waals surface area contributed by atoms with Crippen molar-refractivity contribution in [3.8, 4) is 0 Å². The molecule has 0 aliphatic carbocycles. The quantitative estimate of drug-likeness (QED) is 0.462. The van der Waals surface area contributed by atoms with E-state index in [0.29, 0.717) is 12.1 Å². The summed E-state index contributed by atoms with van der Waals surface area (Å²) in [6.45, 7) is 0. The molecule has 0 unspecified atom stereocenters. The zero-order valence-corrected chi connectivity index (χ0v) is 8.93. The second-order valence-electron chi connectivity index (χ2n) is 3.33. The fourth-order valence-corrected chi connectivity index (χ4v) is 1.21. The van der Waals surface area contributed by atoms with Gasteiger partial charge in [0.15, 0.2) is 11.6 Å². The summed E-state index contributed by atoms with van der Waals surface area (Å²) in [5, 5.41) is 0. The lowest BCUT2D eigenvalue weighted by molar-refractivity contribution is -0.143. The number of carbonyl (C=O) groups excluding carboxylic acids is 2. The Bertz CT molecular complexity index is 458. The van der Waals surface area contributed by atoms with Crippen LogP contribution in [0.2, 0.25) is 0 Å². The number of rotatable bonds is 4. The molecule has 3 nitrogen and oxygen atoms in total. The molecule has 0 bridgehead atoms. The minimum Gasteiger partial charge on any atom is -0.469 e. The number of ether oxygens (including phenoxy) is 1. The molecule has 0 amide bonds. The molecule has 0 radical (unpaired) electrons. The average molecular weight is 246 g/mol. The van der Waals surface area contributed by atoms with Crippen molar-refractivity contribution in [1.82, 2.24) is 0 Å². The van der Waals surface area contributed by atoms with Gasteiger partial charge in [0.1, 0.15) is 18.0 Å². The van der Waals surface area contributed by atoms with E-state index in [9.17, 15) is 22.8 Å². The molecule has 17 heavy (non-hydrogen) atoms. The van der Waals surface area contributed by atoms with Gasteiger partial charge in [-0.25, -0.2) is 13.2 Å². The number of benzene rings is 1. The predicted molar refractivity (Wildman–Crippen MR) is 51.7 cm³/mol. The van der Waals surface area contributed by atoms with Gasteiger partial charge in [-0.05, 0) is 11.6 Å². The van der Waals surface area contributed by atoms with Gasteiger partial charge in [0.25, 0.3) is 0 Å². The lowest BCUT2D eigenvalue weighted by atomic mass is 10.1. The zero-order chi connectivity index (χ0) is 13.0. The van der Waals surface area contributed by atoms with Crippen LogP contribution >= 0.6 is 0 Å². The smallest absolute Gasteiger partial charge is 0.313 e. The number of Topliss-reactive ketones (excluding diaryl/α,β-unsaturated/α-hetero) is 1. The molecule has 0 aromatic heterocycles. The van der Waals surface area contributed by atoms with Crippen LogP contribution in [0.25, 0.3) is 0 Å². The molecule has 0 fully saturated rings. The van der Waals surface area contributed by atoms with Crippen LogP contribution < -0.4 is 0 Å². The minimum atomic E-state index is -1.33. The normalized spacial score (nSPS) is 10.1. The minimum absolute atomic E-state index is 0.294. The highest BCUT2D eigenvalue weighted by Gasteiger charge is 2.15. The molecule has 6 heteroatoms. The predicted octanol–water partition coefficient (Wildman–Crippen LogP) is 1.78. The largest absolute Gasteiger partial charge is 0.469 e.